The molecule has 6 nitrogen and oxygen atoms in total. The molecule has 0 unspecified atom stereocenters. The number of aromatic nitrogens is 2. The number of halogens is 1. The number of carbonyl (C=O) groups excluding carboxylic acids is 1. The van der Waals surface area contributed by atoms with Crippen LogP contribution in [0.4, 0.5) is 5.82 Å². The largest absolute Gasteiger partial charge is 0.307 e. The van der Waals surface area contributed by atoms with E-state index in [1.807, 2.05) is 13.8 Å². The van der Waals surface area contributed by atoms with E-state index < -0.39 is 15.7 Å². The third kappa shape index (κ3) is 4.33. The van der Waals surface area contributed by atoms with Crippen molar-refractivity contribution in [2.45, 2.75) is 25.3 Å². The highest BCUT2D eigenvalue weighted by molar-refractivity contribution is 7.90. The van der Waals surface area contributed by atoms with Gasteiger partial charge in [-0.1, -0.05) is 25.4 Å². The lowest BCUT2D eigenvalue weighted by Gasteiger charge is -2.11. The van der Waals surface area contributed by atoms with E-state index in [0.717, 1.165) is 6.26 Å². The van der Waals surface area contributed by atoms with Gasteiger partial charge in [0.15, 0.2) is 9.84 Å². The predicted octanol–water partition coefficient (Wildman–Crippen LogP) is 2.85. The van der Waals surface area contributed by atoms with Gasteiger partial charge in [0.05, 0.1) is 16.1 Å². The van der Waals surface area contributed by atoms with Crippen LogP contribution in [0.3, 0.4) is 0 Å². The van der Waals surface area contributed by atoms with Crippen molar-refractivity contribution in [1.29, 1.82) is 0 Å². The number of amides is 1. The van der Waals surface area contributed by atoms with Gasteiger partial charge in [0.1, 0.15) is 5.82 Å². The summed E-state index contributed by atoms with van der Waals surface area (Å²) in [4.78, 5) is 12.3. The first-order valence-corrected chi connectivity index (χ1v) is 9.28. The van der Waals surface area contributed by atoms with Crippen molar-refractivity contribution in [2.75, 3.05) is 11.6 Å². The van der Waals surface area contributed by atoms with Crippen LogP contribution >= 0.6 is 11.6 Å². The first-order chi connectivity index (χ1) is 10.7. The Morgan fingerprint density at radius 2 is 2.04 bits per heavy atom. The van der Waals surface area contributed by atoms with Crippen molar-refractivity contribution in [2.24, 2.45) is 5.92 Å². The van der Waals surface area contributed by atoms with Crippen molar-refractivity contribution in [3.63, 3.8) is 0 Å². The van der Waals surface area contributed by atoms with E-state index in [-0.39, 0.29) is 15.5 Å². The molecule has 0 bridgehead atoms. The number of carbonyl (C=O) groups is 1. The molecule has 0 aliphatic heterocycles. The van der Waals surface area contributed by atoms with Crippen molar-refractivity contribution in [3.05, 3.63) is 41.0 Å². The van der Waals surface area contributed by atoms with Gasteiger partial charge in [-0.2, -0.15) is 5.10 Å². The van der Waals surface area contributed by atoms with Gasteiger partial charge in [-0.15, -0.1) is 0 Å². The molecule has 1 N–H and O–H groups in total. The quantitative estimate of drug-likeness (QED) is 0.894. The van der Waals surface area contributed by atoms with Crippen LogP contribution in [0.5, 0.6) is 0 Å². The van der Waals surface area contributed by atoms with Gasteiger partial charge in [0.2, 0.25) is 0 Å². The lowest BCUT2D eigenvalue weighted by molar-refractivity contribution is 0.102. The second-order valence-corrected chi connectivity index (χ2v) is 8.06. The van der Waals surface area contributed by atoms with Crippen molar-refractivity contribution >= 4 is 33.2 Å². The number of nitrogens with zero attached hydrogens (tertiary/aromatic N) is 2. The van der Waals surface area contributed by atoms with Gasteiger partial charge in [0, 0.05) is 24.4 Å². The number of hydrogen-bond acceptors (Lipinski definition) is 4. The molecule has 0 saturated carbocycles. The molecule has 0 spiro atoms. The molecule has 0 saturated heterocycles. The molecular weight excluding hydrogens is 338 g/mol. The smallest absolute Gasteiger partial charge is 0.256 e. The van der Waals surface area contributed by atoms with E-state index in [1.165, 1.54) is 18.2 Å². The van der Waals surface area contributed by atoms with Crippen LogP contribution in [0.2, 0.25) is 5.02 Å². The maximum atomic E-state index is 12.4. The monoisotopic (exact) mass is 355 g/mol. The Hall–Kier alpha value is -1.86. The summed E-state index contributed by atoms with van der Waals surface area (Å²) in [5.41, 5.74) is 0.215. The standard InChI is InChI=1S/C15H18ClN3O3S/c1-10(2)9-19-14(6-7-17-19)18-15(20)11-4-5-12(16)13(8-11)23(3,21)22/h4-8,10H,9H2,1-3H3,(H,18,20). The molecule has 1 aromatic carbocycles. The molecule has 0 aliphatic carbocycles. The molecule has 0 atom stereocenters. The van der Waals surface area contributed by atoms with Gasteiger partial charge in [-0.25, -0.2) is 13.1 Å². The molecule has 2 rings (SSSR count). The lowest BCUT2D eigenvalue weighted by Crippen LogP contribution is -2.17. The molecule has 1 heterocycles. The number of sulfone groups is 1. The summed E-state index contributed by atoms with van der Waals surface area (Å²) < 4.78 is 25.1. The molecule has 8 heteroatoms. The molecule has 23 heavy (non-hydrogen) atoms. The van der Waals surface area contributed by atoms with Gasteiger partial charge in [-0.3, -0.25) is 4.79 Å². The number of benzene rings is 1. The molecule has 2 aromatic rings. The zero-order valence-electron chi connectivity index (χ0n) is 13.1. The first kappa shape index (κ1) is 17.5. The third-order valence-corrected chi connectivity index (χ3v) is 4.67. The Morgan fingerprint density at radius 1 is 1.35 bits per heavy atom. The predicted molar refractivity (Wildman–Crippen MR) is 89.6 cm³/mol. The maximum Gasteiger partial charge on any atom is 0.256 e. The second-order valence-electron chi connectivity index (χ2n) is 5.66. The van der Waals surface area contributed by atoms with Gasteiger partial charge >= 0.3 is 0 Å². The van der Waals surface area contributed by atoms with E-state index in [4.69, 9.17) is 11.6 Å². The van der Waals surface area contributed by atoms with Gasteiger partial charge < -0.3 is 5.32 Å². The van der Waals surface area contributed by atoms with Crippen LogP contribution in [-0.2, 0) is 16.4 Å². The third-order valence-electron chi connectivity index (χ3n) is 3.09. The number of rotatable bonds is 5. The van der Waals surface area contributed by atoms with Crippen LogP contribution in [0, 0.1) is 5.92 Å². The summed E-state index contributed by atoms with van der Waals surface area (Å²) in [7, 11) is -3.51. The van der Waals surface area contributed by atoms with Crippen LogP contribution in [-0.4, -0.2) is 30.4 Å². The van der Waals surface area contributed by atoms with Crippen LogP contribution in [0.25, 0.3) is 0 Å². The Kier molecular flexibility index (Phi) is 5.11. The summed E-state index contributed by atoms with van der Waals surface area (Å²) in [6, 6.07) is 5.84. The topological polar surface area (TPSA) is 81.1 Å². The minimum Gasteiger partial charge on any atom is -0.307 e. The summed E-state index contributed by atoms with van der Waals surface area (Å²) in [6.45, 7) is 4.76. The summed E-state index contributed by atoms with van der Waals surface area (Å²) in [5, 5.41) is 6.98. The van der Waals surface area contributed by atoms with E-state index >= 15 is 0 Å². The molecule has 124 valence electrons. The highest BCUT2D eigenvalue weighted by Crippen LogP contribution is 2.23. The SMILES string of the molecule is CC(C)Cn1nccc1NC(=O)c1ccc(Cl)c(S(C)(=O)=O)c1. The van der Waals surface area contributed by atoms with E-state index in [2.05, 4.69) is 10.4 Å². The fourth-order valence-corrected chi connectivity index (χ4v) is 3.35. The van der Waals surface area contributed by atoms with Gasteiger partial charge in [0.25, 0.3) is 5.91 Å². The van der Waals surface area contributed by atoms with Crippen LogP contribution in [0.1, 0.15) is 24.2 Å². The molecule has 0 radical (unpaired) electrons. The number of nitrogens with one attached hydrogen (secondary N) is 1. The second kappa shape index (κ2) is 6.72. The molecule has 0 aliphatic rings. The average molecular weight is 356 g/mol. The van der Waals surface area contributed by atoms with E-state index in [1.54, 1.807) is 16.9 Å². The fraction of sp³-hybridized carbons (Fsp3) is 0.333. The van der Waals surface area contributed by atoms with E-state index in [9.17, 15) is 13.2 Å². The highest BCUT2D eigenvalue weighted by atomic mass is 35.5. The molecule has 1 aromatic heterocycles. The highest BCUT2D eigenvalue weighted by Gasteiger charge is 2.17. The zero-order valence-corrected chi connectivity index (χ0v) is 14.6. The first-order valence-electron chi connectivity index (χ1n) is 7.01. The summed E-state index contributed by atoms with van der Waals surface area (Å²) in [6.07, 6.45) is 2.65. The van der Waals surface area contributed by atoms with Gasteiger partial charge in [-0.05, 0) is 24.1 Å². The fourth-order valence-electron chi connectivity index (χ4n) is 2.05. The minimum atomic E-state index is -3.51. The Morgan fingerprint density at radius 3 is 2.65 bits per heavy atom. The van der Waals surface area contributed by atoms with Crippen LogP contribution < -0.4 is 5.32 Å². The number of hydrogen-bond donors (Lipinski definition) is 1. The van der Waals surface area contributed by atoms with Crippen molar-refractivity contribution < 1.29 is 13.2 Å². The number of anilines is 1. The molecule has 1 amide bonds. The summed E-state index contributed by atoms with van der Waals surface area (Å²) in [5.74, 6) is 0.509. The Bertz CT molecular complexity index is 828. The maximum absolute atomic E-state index is 12.4. The average Bonchev–Trinajstić information content (AvgIpc) is 2.84. The van der Waals surface area contributed by atoms with Crippen molar-refractivity contribution in [1.82, 2.24) is 9.78 Å². The Labute approximate surface area is 140 Å². The summed E-state index contributed by atoms with van der Waals surface area (Å²) >= 11 is 5.89. The van der Waals surface area contributed by atoms with E-state index in [0.29, 0.717) is 18.3 Å². The Balaban J connectivity index is 2.27. The lowest BCUT2D eigenvalue weighted by atomic mass is 10.2. The van der Waals surface area contributed by atoms with Crippen molar-refractivity contribution in [3.8, 4) is 0 Å². The normalized spacial score (nSPS) is 11.7. The molecule has 0 fully saturated rings. The molecular formula is C15H18ClN3O3S. The minimum absolute atomic E-state index is 0.0671. The van der Waals surface area contributed by atoms with Crippen LogP contribution in [0.15, 0.2) is 35.4 Å². The zero-order chi connectivity index (χ0) is 17.2.